The van der Waals surface area contributed by atoms with Crippen LogP contribution >= 0.6 is 0 Å². The minimum atomic E-state index is -0.335. The van der Waals surface area contributed by atoms with E-state index in [2.05, 4.69) is 5.32 Å². The SMILES string of the molecule is CC(=O)c1ccccc1NC(=O)c1ccc(CN2C(=O)CCC2=O)cc1. The fourth-order valence-electron chi connectivity index (χ4n) is 2.84. The van der Waals surface area contributed by atoms with Gasteiger partial charge in [0.2, 0.25) is 11.8 Å². The quantitative estimate of drug-likeness (QED) is 0.664. The molecule has 1 heterocycles. The summed E-state index contributed by atoms with van der Waals surface area (Å²) in [7, 11) is 0. The number of benzene rings is 2. The first kappa shape index (κ1) is 17.5. The predicted octanol–water partition coefficient (Wildman–Crippen LogP) is 2.79. The van der Waals surface area contributed by atoms with Gasteiger partial charge in [-0.25, -0.2) is 0 Å². The number of imide groups is 1. The molecular weight excluding hydrogens is 332 g/mol. The van der Waals surface area contributed by atoms with Crippen LogP contribution in [0.25, 0.3) is 0 Å². The van der Waals surface area contributed by atoms with Crippen LogP contribution in [-0.2, 0) is 16.1 Å². The Morgan fingerprint density at radius 3 is 2.19 bits per heavy atom. The minimum Gasteiger partial charge on any atom is -0.321 e. The molecule has 3 rings (SSSR count). The molecule has 0 atom stereocenters. The van der Waals surface area contributed by atoms with E-state index in [1.807, 2.05) is 0 Å². The lowest BCUT2D eigenvalue weighted by atomic mass is 10.1. The molecule has 6 nitrogen and oxygen atoms in total. The molecule has 0 bridgehead atoms. The average molecular weight is 350 g/mol. The number of hydrogen-bond donors (Lipinski definition) is 1. The Balaban J connectivity index is 1.71. The van der Waals surface area contributed by atoms with Gasteiger partial charge in [0.25, 0.3) is 5.91 Å². The summed E-state index contributed by atoms with van der Waals surface area (Å²) >= 11 is 0. The number of Topliss-reactive ketones (excluding diaryl/α,β-unsaturated/α-hetero) is 1. The zero-order valence-corrected chi connectivity index (χ0v) is 14.3. The molecule has 0 aromatic heterocycles. The normalized spacial score (nSPS) is 13.8. The van der Waals surface area contributed by atoms with Crippen LogP contribution in [0.15, 0.2) is 48.5 Å². The van der Waals surface area contributed by atoms with Crippen LogP contribution in [0.1, 0.15) is 46.0 Å². The number of nitrogens with one attached hydrogen (secondary N) is 1. The molecule has 2 aromatic carbocycles. The van der Waals surface area contributed by atoms with E-state index in [-0.39, 0.29) is 42.9 Å². The van der Waals surface area contributed by atoms with Gasteiger partial charge in [-0.1, -0.05) is 24.3 Å². The Labute approximate surface area is 150 Å². The number of rotatable bonds is 5. The smallest absolute Gasteiger partial charge is 0.255 e. The third kappa shape index (κ3) is 3.69. The second-order valence-corrected chi connectivity index (χ2v) is 6.13. The predicted molar refractivity (Wildman–Crippen MR) is 95.6 cm³/mol. The van der Waals surface area contributed by atoms with Crippen LogP contribution in [0.2, 0.25) is 0 Å². The Morgan fingerprint density at radius 1 is 0.962 bits per heavy atom. The average Bonchev–Trinajstić information content (AvgIpc) is 2.94. The molecule has 2 aromatic rings. The number of carbonyl (C=O) groups excluding carboxylic acids is 4. The van der Waals surface area contributed by atoms with Crippen molar-refractivity contribution in [3.63, 3.8) is 0 Å². The first-order valence-electron chi connectivity index (χ1n) is 8.29. The van der Waals surface area contributed by atoms with Gasteiger partial charge in [-0.3, -0.25) is 24.1 Å². The van der Waals surface area contributed by atoms with Gasteiger partial charge in [0.15, 0.2) is 5.78 Å². The fourth-order valence-corrected chi connectivity index (χ4v) is 2.84. The number of para-hydroxylation sites is 1. The van der Waals surface area contributed by atoms with E-state index in [0.29, 0.717) is 16.8 Å². The van der Waals surface area contributed by atoms with Crippen molar-refractivity contribution in [2.45, 2.75) is 26.3 Å². The second-order valence-electron chi connectivity index (χ2n) is 6.13. The molecular formula is C20H18N2O4. The lowest BCUT2D eigenvalue weighted by Gasteiger charge is -2.14. The summed E-state index contributed by atoms with van der Waals surface area (Å²) < 4.78 is 0. The number of anilines is 1. The Hall–Kier alpha value is -3.28. The summed E-state index contributed by atoms with van der Waals surface area (Å²) in [5, 5.41) is 2.74. The summed E-state index contributed by atoms with van der Waals surface area (Å²) in [6, 6.07) is 13.5. The van der Waals surface area contributed by atoms with E-state index < -0.39 is 0 Å². The van der Waals surface area contributed by atoms with Gasteiger partial charge in [0.1, 0.15) is 0 Å². The molecule has 3 amide bonds. The molecule has 0 spiro atoms. The van der Waals surface area contributed by atoms with Gasteiger partial charge in [-0.15, -0.1) is 0 Å². The molecule has 0 aliphatic carbocycles. The summed E-state index contributed by atoms with van der Waals surface area (Å²) in [4.78, 5) is 48.6. The molecule has 0 saturated carbocycles. The standard InChI is InChI=1S/C20H18N2O4/c1-13(23)16-4-2-3-5-17(16)21-20(26)15-8-6-14(7-9-15)12-22-18(24)10-11-19(22)25/h2-9H,10-12H2,1H3,(H,21,26). The highest BCUT2D eigenvalue weighted by atomic mass is 16.2. The fraction of sp³-hybridized carbons (Fsp3) is 0.200. The highest BCUT2D eigenvalue weighted by Crippen LogP contribution is 2.18. The first-order chi connectivity index (χ1) is 12.5. The van der Waals surface area contributed by atoms with E-state index in [9.17, 15) is 19.2 Å². The topological polar surface area (TPSA) is 83.6 Å². The van der Waals surface area contributed by atoms with Gasteiger partial charge < -0.3 is 5.32 Å². The zero-order chi connectivity index (χ0) is 18.7. The number of nitrogens with zero attached hydrogens (tertiary/aromatic N) is 1. The van der Waals surface area contributed by atoms with Crippen molar-refractivity contribution in [3.05, 3.63) is 65.2 Å². The monoisotopic (exact) mass is 350 g/mol. The van der Waals surface area contributed by atoms with Gasteiger partial charge in [0.05, 0.1) is 12.2 Å². The first-order valence-corrected chi connectivity index (χ1v) is 8.29. The third-order valence-electron chi connectivity index (χ3n) is 4.27. The molecule has 0 unspecified atom stereocenters. The zero-order valence-electron chi connectivity index (χ0n) is 14.3. The van der Waals surface area contributed by atoms with Crippen LogP contribution in [0.4, 0.5) is 5.69 Å². The number of hydrogen-bond acceptors (Lipinski definition) is 4. The van der Waals surface area contributed by atoms with Crippen LogP contribution < -0.4 is 5.32 Å². The summed E-state index contributed by atoms with van der Waals surface area (Å²) in [5.41, 5.74) is 2.10. The van der Waals surface area contributed by atoms with E-state index in [4.69, 9.17) is 0 Å². The van der Waals surface area contributed by atoms with Crippen molar-refractivity contribution < 1.29 is 19.2 Å². The molecule has 1 saturated heterocycles. The van der Waals surface area contributed by atoms with Crippen LogP contribution in [-0.4, -0.2) is 28.4 Å². The van der Waals surface area contributed by atoms with E-state index in [0.717, 1.165) is 5.56 Å². The Bertz CT molecular complexity index is 871. The molecule has 132 valence electrons. The van der Waals surface area contributed by atoms with Crippen LogP contribution in [0.3, 0.4) is 0 Å². The third-order valence-corrected chi connectivity index (χ3v) is 4.27. The molecule has 26 heavy (non-hydrogen) atoms. The van der Waals surface area contributed by atoms with Gasteiger partial charge >= 0.3 is 0 Å². The molecule has 1 fully saturated rings. The number of carbonyl (C=O) groups is 4. The molecule has 1 aliphatic heterocycles. The Kier molecular flexibility index (Phi) is 4.93. The highest BCUT2D eigenvalue weighted by Gasteiger charge is 2.28. The molecule has 0 radical (unpaired) electrons. The number of ketones is 1. The van der Waals surface area contributed by atoms with E-state index >= 15 is 0 Å². The van der Waals surface area contributed by atoms with Crippen molar-refractivity contribution in [1.82, 2.24) is 4.90 Å². The maximum Gasteiger partial charge on any atom is 0.255 e. The van der Waals surface area contributed by atoms with Crippen molar-refractivity contribution >= 4 is 29.2 Å². The van der Waals surface area contributed by atoms with Gasteiger partial charge in [-0.05, 0) is 36.8 Å². The number of amides is 3. The minimum absolute atomic E-state index is 0.129. The van der Waals surface area contributed by atoms with Crippen molar-refractivity contribution in [3.8, 4) is 0 Å². The molecule has 1 aliphatic rings. The van der Waals surface area contributed by atoms with Crippen molar-refractivity contribution in [2.24, 2.45) is 0 Å². The van der Waals surface area contributed by atoms with Gasteiger partial charge in [0, 0.05) is 24.0 Å². The lowest BCUT2D eigenvalue weighted by Crippen LogP contribution is -2.28. The summed E-state index contributed by atoms with van der Waals surface area (Å²) in [6.45, 7) is 1.66. The highest BCUT2D eigenvalue weighted by molar-refractivity contribution is 6.09. The van der Waals surface area contributed by atoms with E-state index in [1.165, 1.54) is 11.8 Å². The van der Waals surface area contributed by atoms with Gasteiger partial charge in [-0.2, -0.15) is 0 Å². The summed E-state index contributed by atoms with van der Waals surface area (Å²) in [6.07, 6.45) is 0.518. The van der Waals surface area contributed by atoms with Crippen molar-refractivity contribution in [2.75, 3.05) is 5.32 Å². The van der Waals surface area contributed by atoms with Crippen LogP contribution in [0, 0.1) is 0 Å². The lowest BCUT2D eigenvalue weighted by molar-refractivity contribution is -0.139. The maximum absolute atomic E-state index is 12.4. The largest absolute Gasteiger partial charge is 0.321 e. The van der Waals surface area contributed by atoms with E-state index in [1.54, 1.807) is 48.5 Å². The molecule has 6 heteroatoms. The second kappa shape index (κ2) is 7.31. The van der Waals surface area contributed by atoms with Crippen molar-refractivity contribution in [1.29, 1.82) is 0 Å². The molecule has 1 N–H and O–H groups in total. The number of likely N-dealkylation sites (tertiary alicyclic amines) is 1. The Morgan fingerprint density at radius 2 is 1.58 bits per heavy atom. The summed E-state index contributed by atoms with van der Waals surface area (Å²) in [5.74, 6) is -0.801. The van der Waals surface area contributed by atoms with Crippen LogP contribution in [0.5, 0.6) is 0 Å². The maximum atomic E-state index is 12.4.